The minimum absolute atomic E-state index is 0. The van der Waals surface area contributed by atoms with Crippen LogP contribution in [0.5, 0.6) is 0 Å². The van der Waals surface area contributed by atoms with Crippen molar-refractivity contribution in [3.8, 4) is 0 Å². The van der Waals surface area contributed by atoms with Crippen molar-refractivity contribution in [1.82, 2.24) is 0 Å². The summed E-state index contributed by atoms with van der Waals surface area (Å²) < 4.78 is 0. The molecular formula is C44H58FeP2. The van der Waals surface area contributed by atoms with Gasteiger partial charge in [-0.05, 0) is 133 Å². The number of hydrogen-bond donors (Lipinski definition) is 0. The summed E-state index contributed by atoms with van der Waals surface area (Å²) in [5, 5.41) is 4.62. The average molecular weight is 705 g/mol. The summed E-state index contributed by atoms with van der Waals surface area (Å²) in [4.78, 5) is 0. The van der Waals surface area contributed by atoms with Gasteiger partial charge in [0.25, 0.3) is 0 Å². The summed E-state index contributed by atoms with van der Waals surface area (Å²) in [6.45, 7) is 2.80. The Balaban J connectivity index is 0.000000538. The van der Waals surface area contributed by atoms with E-state index >= 15 is 0 Å². The molecule has 0 aliphatic heterocycles. The Morgan fingerprint density at radius 2 is 1.04 bits per heavy atom. The van der Waals surface area contributed by atoms with Crippen LogP contribution in [0.15, 0.2) is 84.9 Å². The Labute approximate surface area is 300 Å². The molecule has 0 amide bonds. The first-order valence-corrected chi connectivity index (χ1v) is 22.4. The van der Waals surface area contributed by atoms with Crippen molar-refractivity contribution in [2.75, 3.05) is 0 Å². The molecule has 0 aromatic heterocycles. The van der Waals surface area contributed by atoms with E-state index in [2.05, 4.69) is 91.9 Å². The quantitative estimate of drug-likeness (QED) is 0.162. The fourth-order valence-corrected chi connectivity index (χ4v) is 19.3. The van der Waals surface area contributed by atoms with E-state index in [1.807, 2.05) is 0 Å². The molecule has 6 fully saturated rings. The van der Waals surface area contributed by atoms with Crippen LogP contribution < -0.4 is 15.9 Å². The molecule has 47 heavy (non-hydrogen) atoms. The second-order valence-electron chi connectivity index (χ2n) is 16.2. The molecule has 0 saturated heterocycles. The summed E-state index contributed by atoms with van der Waals surface area (Å²) in [7, 11) is -0.446. The first kappa shape index (κ1) is 34.5. The van der Waals surface area contributed by atoms with Crippen LogP contribution in [0.3, 0.4) is 0 Å². The number of rotatable bonds is 8. The van der Waals surface area contributed by atoms with Crippen molar-refractivity contribution in [3.63, 3.8) is 0 Å². The van der Waals surface area contributed by atoms with Crippen LogP contribution in [0.4, 0.5) is 0 Å². The summed E-state index contributed by atoms with van der Waals surface area (Å²) in [5.74, 6) is 5.96. The van der Waals surface area contributed by atoms with Crippen molar-refractivity contribution in [2.45, 2.75) is 133 Å². The molecule has 252 valence electrons. The van der Waals surface area contributed by atoms with Gasteiger partial charge in [-0.25, -0.2) is 0 Å². The summed E-state index contributed by atoms with van der Waals surface area (Å²) >= 11 is 0. The molecule has 4 bridgehead atoms. The largest absolute Gasteiger partial charge is 0.0965 e. The van der Waals surface area contributed by atoms with Crippen LogP contribution >= 0.6 is 15.8 Å². The maximum atomic E-state index is 2.80. The Morgan fingerprint density at radius 1 is 0.532 bits per heavy atom. The fourth-order valence-electron chi connectivity index (χ4n) is 11.6. The zero-order valence-corrected chi connectivity index (χ0v) is 31.7. The van der Waals surface area contributed by atoms with Gasteiger partial charge in [0.15, 0.2) is 0 Å². The zero-order valence-electron chi connectivity index (χ0n) is 28.8. The Hall–Kier alpha value is -0.961. The summed E-state index contributed by atoms with van der Waals surface area (Å²) in [5.41, 5.74) is 4.84. The fraction of sp³-hybridized carbons (Fsp3) is 0.591. The summed E-state index contributed by atoms with van der Waals surface area (Å²) in [6, 6.07) is 32.6. The molecule has 6 saturated carbocycles. The number of hydrogen-bond acceptors (Lipinski definition) is 0. The van der Waals surface area contributed by atoms with Gasteiger partial charge in [0.2, 0.25) is 0 Å². The molecule has 0 N–H and O–H groups in total. The molecule has 10 atom stereocenters. The van der Waals surface area contributed by atoms with E-state index < -0.39 is 7.92 Å². The van der Waals surface area contributed by atoms with Crippen molar-refractivity contribution in [1.29, 1.82) is 0 Å². The molecule has 0 radical (unpaired) electrons. The molecule has 5 unspecified atom stereocenters. The third-order valence-corrected chi connectivity index (χ3v) is 20.3. The first-order valence-electron chi connectivity index (χ1n) is 19.5. The molecule has 6 aliphatic rings. The van der Waals surface area contributed by atoms with E-state index in [-0.39, 0.29) is 25.0 Å². The van der Waals surface area contributed by atoms with Crippen molar-refractivity contribution >= 4 is 31.8 Å². The third kappa shape index (κ3) is 7.28. The van der Waals surface area contributed by atoms with E-state index in [0.29, 0.717) is 0 Å². The SMILES string of the molecule is C1CCCC1.C[C@@H](C1CCCC1c1ccccc1P(c1ccccc1)c1ccccc1)P(C1C[C@H]2CC[C@@H]1C2)C1C[C@@H]2CC[C@H]1C2.[Fe]. The van der Waals surface area contributed by atoms with Crippen LogP contribution in [-0.4, -0.2) is 17.0 Å². The van der Waals surface area contributed by atoms with Gasteiger partial charge in [-0.3, -0.25) is 0 Å². The van der Waals surface area contributed by atoms with Crippen molar-refractivity contribution in [2.24, 2.45) is 29.6 Å². The van der Waals surface area contributed by atoms with Crippen molar-refractivity contribution in [3.05, 3.63) is 90.5 Å². The van der Waals surface area contributed by atoms with Crippen LogP contribution in [-0.2, 0) is 17.1 Å². The minimum atomic E-state index is -0.557. The van der Waals surface area contributed by atoms with Gasteiger partial charge < -0.3 is 0 Å². The van der Waals surface area contributed by atoms with E-state index in [9.17, 15) is 0 Å². The predicted molar refractivity (Wildman–Crippen MR) is 203 cm³/mol. The van der Waals surface area contributed by atoms with Crippen LogP contribution in [0.25, 0.3) is 0 Å². The molecule has 0 nitrogen and oxygen atoms in total. The second-order valence-corrected chi connectivity index (χ2v) is 21.4. The molecule has 9 rings (SSSR count). The Morgan fingerprint density at radius 3 is 1.53 bits per heavy atom. The molecule has 3 heteroatoms. The van der Waals surface area contributed by atoms with Gasteiger partial charge in [-0.1, -0.05) is 151 Å². The second kappa shape index (κ2) is 15.9. The molecular weight excluding hydrogens is 646 g/mol. The summed E-state index contributed by atoms with van der Waals surface area (Å²) in [6.07, 6.45) is 24.4. The third-order valence-electron chi connectivity index (χ3n) is 13.7. The maximum Gasteiger partial charge on any atom is 0 e. The van der Waals surface area contributed by atoms with Gasteiger partial charge in [0.05, 0.1) is 0 Å². The Kier molecular flexibility index (Phi) is 11.7. The minimum Gasteiger partial charge on any atom is -0.0965 e. The van der Waals surface area contributed by atoms with Crippen LogP contribution in [0.2, 0.25) is 0 Å². The smallest absolute Gasteiger partial charge is 0 e. The topological polar surface area (TPSA) is 0 Å². The van der Waals surface area contributed by atoms with Crippen molar-refractivity contribution < 1.29 is 17.1 Å². The van der Waals surface area contributed by atoms with Crippen LogP contribution in [0.1, 0.15) is 121 Å². The monoisotopic (exact) mass is 704 g/mol. The molecule has 0 spiro atoms. The molecule has 3 aromatic carbocycles. The van der Waals surface area contributed by atoms with Gasteiger partial charge in [-0.15, -0.1) is 0 Å². The van der Waals surface area contributed by atoms with Gasteiger partial charge >= 0.3 is 0 Å². The predicted octanol–water partition coefficient (Wildman–Crippen LogP) is 11.5. The zero-order chi connectivity index (χ0) is 30.9. The Bertz CT molecular complexity index is 1330. The van der Waals surface area contributed by atoms with E-state index in [4.69, 9.17) is 0 Å². The maximum absolute atomic E-state index is 2.80. The molecule has 0 heterocycles. The molecule has 6 aliphatic carbocycles. The molecule has 3 aromatic rings. The standard InChI is InChI=1S/C39H48P2.C5H10.Fe/c1-27(40(38-25-28-19-21-30(38)23-28)39-26-29-20-22-31(39)24-29)34-16-10-17-35(34)36-15-8-9-18-37(36)41(32-11-4-2-5-12-32)33-13-6-3-7-14-33;1-2-4-5-3-1;/h2-9,11-15,18,27-31,34-35,38-39H,10,16-17,19-26H2,1H3;1-5H2;/t27-,28-,29+,30+,31-,34?,35?,38?,39?,40?;;/m0../s1. The number of fused-ring (bicyclic) bond motifs is 4. The normalized spacial score (nSPS) is 33.4. The number of benzene rings is 3. The van der Waals surface area contributed by atoms with Gasteiger partial charge in [0.1, 0.15) is 0 Å². The van der Waals surface area contributed by atoms with E-state index in [0.717, 1.165) is 52.5 Å². The first-order chi connectivity index (χ1) is 22.7. The van der Waals surface area contributed by atoms with E-state index in [1.54, 1.807) is 62.2 Å². The van der Waals surface area contributed by atoms with Gasteiger partial charge in [0, 0.05) is 17.1 Å². The average Bonchev–Trinajstić information content (AvgIpc) is 3.97. The van der Waals surface area contributed by atoms with Crippen LogP contribution in [0, 0.1) is 29.6 Å². The van der Waals surface area contributed by atoms with E-state index in [1.165, 1.54) is 62.0 Å². The van der Waals surface area contributed by atoms with Gasteiger partial charge in [-0.2, -0.15) is 0 Å².